The molecule has 3 heteroatoms. The molecule has 0 saturated heterocycles. The average Bonchev–Trinajstić information content (AvgIpc) is 2.55. The Hall–Kier alpha value is 0.650. The van der Waals surface area contributed by atoms with Gasteiger partial charge in [0.15, 0.2) is 0 Å². The summed E-state index contributed by atoms with van der Waals surface area (Å²) in [7, 11) is 0. The van der Waals surface area contributed by atoms with Crippen LogP contribution >= 0.6 is 22.6 Å². The van der Waals surface area contributed by atoms with E-state index in [4.69, 9.17) is 0 Å². The lowest BCUT2D eigenvalue weighted by molar-refractivity contribution is -0.0633. The van der Waals surface area contributed by atoms with Crippen molar-refractivity contribution in [3.8, 4) is 0 Å². The van der Waals surface area contributed by atoms with Crippen LogP contribution in [0.3, 0.4) is 0 Å². The van der Waals surface area contributed by atoms with Crippen molar-refractivity contribution in [2.75, 3.05) is 0 Å². The number of rotatable bonds is 2. The van der Waals surface area contributed by atoms with Gasteiger partial charge in [-0.15, -0.1) is 0 Å². The molecule has 0 aliphatic heterocycles. The lowest BCUT2D eigenvalue weighted by atomic mass is 9.66. The summed E-state index contributed by atoms with van der Waals surface area (Å²) >= 11 is 2.48. The second-order valence-electron chi connectivity index (χ2n) is 6.73. The minimum absolute atomic E-state index is 0.136. The van der Waals surface area contributed by atoms with Crippen LogP contribution in [-0.2, 0) is 0 Å². The van der Waals surface area contributed by atoms with E-state index in [9.17, 15) is 10.2 Å². The molecule has 0 aromatic heterocycles. The quantitative estimate of drug-likeness (QED) is 0.600. The Labute approximate surface area is 112 Å². The largest absolute Gasteiger partial charge is 0.393 e. The fourth-order valence-electron chi connectivity index (χ4n) is 4.28. The Morgan fingerprint density at radius 1 is 1.06 bits per heavy atom. The molecule has 2 nitrogen and oxygen atoms in total. The van der Waals surface area contributed by atoms with Gasteiger partial charge in [0.2, 0.25) is 0 Å². The molecule has 94 valence electrons. The van der Waals surface area contributed by atoms with E-state index in [1.807, 2.05) is 13.8 Å². The van der Waals surface area contributed by atoms with Gasteiger partial charge in [-0.3, -0.25) is 0 Å². The summed E-state index contributed by atoms with van der Waals surface area (Å²) in [4.78, 5) is 0. The number of hydrogen-bond acceptors (Lipinski definition) is 2. The van der Waals surface area contributed by atoms with Gasteiger partial charge in [0, 0.05) is 3.42 Å². The first-order valence-electron chi connectivity index (χ1n) is 6.21. The van der Waals surface area contributed by atoms with Crippen molar-refractivity contribution in [1.29, 1.82) is 0 Å². The SMILES string of the molecule is CC(C)(O)[C@@H]1[C@@H]2C[C@H]([C@@H]1C(C)(C)I)[C@@H](O)C2. The average molecular weight is 338 g/mol. The summed E-state index contributed by atoms with van der Waals surface area (Å²) < 4.78 is 0.142. The van der Waals surface area contributed by atoms with E-state index in [0.29, 0.717) is 23.7 Å². The Morgan fingerprint density at radius 3 is 2.06 bits per heavy atom. The monoisotopic (exact) mass is 338 g/mol. The van der Waals surface area contributed by atoms with Gasteiger partial charge in [-0.25, -0.2) is 0 Å². The molecule has 0 radical (unpaired) electrons. The summed E-state index contributed by atoms with van der Waals surface area (Å²) in [6, 6.07) is 0. The van der Waals surface area contributed by atoms with Crippen LogP contribution in [0.5, 0.6) is 0 Å². The minimum atomic E-state index is -0.618. The Balaban J connectivity index is 2.32. The van der Waals surface area contributed by atoms with Crippen LogP contribution in [0.25, 0.3) is 0 Å². The predicted octanol–water partition coefficient (Wildman–Crippen LogP) is 2.60. The highest BCUT2D eigenvalue weighted by atomic mass is 127. The first-order valence-corrected chi connectivity index (χ1v) is 7.29. The van der Waals surface area contributed by atoms with Crippen molar-refractivity contribution in [2.45, 2.75) is 55.7 Å². The zero-order valence-corrected chi connectivity index (χ0v) is 12.7. The molecule has 0 aromatic carbocycles. The number of halogens is 1. The Kier molecular flexibility index (Phi) is 3.13. The van der Waals surface area contributed by atoms with E-state index in [2.05, 4.69) is 36.4 Å². The minimum Gasteiger partial charge on any atom is -0.393 e. The van der Waals surface area contributed by atoms with Crippen molar-refractivity contribution < 1.29 is 10.2 Å². The Bertz CT molecular complexity index is 277. The van der Waals surface area contributed by atoms with Gasteiger partial charge in [0.1, 0.15) is 0 Å². The van der Waals surface area contributed by atoms with Crippen molar-refractivity contribution >= 4 is 22.6 Å². The molecule has 2 fully saturated rings. The van der Waals surface area contributed by atoms with Gasteiger partial charge in [-0.05, 0) is 50.4 Å². The van der Waals surface area contributed by atoms with E-state index < -0.39 is 5.60 Å². The van der Waals surface area contributed by atoms with Crippen LogP contribution in [0.1, 0.15) is 40.5 Å². The third-order valence-corrected chi connectivity index (χ3v) is 5.30. The van der Waals surface area contributed by atoms with Crippen LogP contribution < -0.4 is 0 Å². The smallest absolute Gasteiger partial charge is 0.0625 e. The van der Waals surface area contributed by atoms with Gasteiger partial charge in [-0.1, -0.05) is 36.4 Å². The highest BCUT2D eigenvalue weighted by Crippen LogP contribution is 2.60. The number of aliphatic hydroxyl groups excluding tert-OH is 1. The maximum absolute atomic E-state index is 10.4. The second kappa shape index (κ2) is 3.82. The molecule has 0 unspecified atom stereocenters. The summed E-state index contributed by atoms with van der Waals surface area (Å²) in [6.07, 6.45) is 1.86. The van der Waals surface area contributed by atoms with E-state index in [0.717, 1.165) is 12.8 Å². The van der Waals surface area contributed by atoms with Crippen LogP contribution in [0.4, 0.5) is 0 Å². The maximum atomic E-state index is 10.4. The van der Waals surface area contributed by atoms with Crippen molar-refractivity contribution in [3.63, 3.8) is 0 Å². The van der Waals surface area contributed by atoms with Crippen molar-refractivity contribution in [3.05, 3.63) is 0 Å². The highest BCUT2D eigenvalue weighted by Gasteiger charge is 2.59. The van der Waals surface area contributed by atoms with Gasteiger partial charge < -0.3 is 10.2 Å². The molecule has 0 heterocycles. The first kappa shape index (κ1) is 13.1. The first-order chi connectivity index (χ1) is 7.12. The maximum Gasteiger partial charge on any atom is 0.0625 e. The highest BCUT2D eigenvalue weighted by molar-refractivity contribution is 14.1. The number of hydrogen-bond donors (Lipinski definition) is 2. The summed E-state index contributed by atoms with van der Waals surface area (Å²) in [6.45, 7) is 8.31. The summed E-state index contributed by atoms with van der Waals surface area (Å²) in [5.74, 6) is 1.68. The molecule has 0 spiro atoms. The van der Waals surface area contributed by atoms with Gasteiger partial charge in [-0.2, -0.15) is 0 Å². The van der Waals surface area contributed by atoms with Crippen LogP contribution in [0.2, 0.25) is 0 Å². The molecular formula is C13H23IO2. The van der Waals surface area contributed by atoms with Crippen molar-refractivity contribution in [2.24, 2.45) is 23.7 Å². The van der Waals surface area contributed by atoms with Gasteiger partial charge in [0.25, 0.3) is 0 Å². The number of fused-ring (bicyclic) bond motifs is 2. The molecule has 2 N–H and O–H groups in total. The molecule has 0 amide bonds. The number of alkyl halides is 1. The van der Waals surface area contributed by atoms with Crippen LogP contribution in [0, 0.1) is 23.7 Å². The molecule has 0 aromatic rings. The standard InChI is InChI=1S/C13H23IO2/c1-12(2,14)11-8-5-7(6-9(8)15)10(11)13(3,4)16/h7-11,15-16H,5-6H2,1-4H3/t7-,8+,9+,10-,11+/m1/s1. The fraction of sp³-hybridized carbons (Fsp3) is 1.00. The third-order valence-electron chi connectivity index (χ3n) is 4.58. The van der Waals surface area contributed by atoms with E-state index in [-0.39, 0.29) is 9.53 Å². The summed E-state index contributed by atoms with van der Waals surface area (Å²) in [5, 5.41) is 20.4. The normalized spacial score (nSPS) is 44.1. The number of aliphatic hydroxyl groups is 2. The molecule has 2 rings (SSSR count). The zero-order valence-electron chi connectivity index (χ0n) is 10.6. The molecule has 2 aliphatic rings. The third kappa shape index (κ3) is 2.03. The zero-order chi connectivity index (χ0) is 12.3. The van der Waals surface area contributed by atoms with E-state index in [1.54, 1.807) is 0 Å². The van der Waals surface area contributed by atoms with E-state index in [1.165, 1.54) is 0 Å². The molecule has 16 heavy (non-hydrogen) atoms. The predicted molar refractivity (Wildman–Crippen MR) is 73.6 cm³/mol. The molecule has 2 bridgehead atoms. The molecule has 2 aliphatic carbocycles. The van der Waals surface area contributed by atoms with Gasteiger partial charge in [0.05, 0.1) is 11.7 Å². The molecular weight excluding hydrogens is 315 g/mol. The van der Waals surface area contributed by atoms with Crippen LogP contribution in [0.15, 0.2) is 0 Å². The van der Waals surface area contributed by atoms with Crippen molar-refractivity contribution in [1.82, 2.24) is 0 Å². The fourth-order valence-corrected chi connectivity index (χ4v) is 5.13. The lowest BCUT2D eigenvalue weighted by Gasteiger charge is -2.45. The van der Waals surface area contributed by atoms with Gasteiger partial charge >= 0.3 is 0 Å². The topological polar surface area (TPSA) is 40.5 Å². The lowest BCUT2D eigenvalue weighted by Crippen LogP contribution is -2.49. The molecule has 5 atom stereocenters. The summed E-state index contributed by atoms with van der Waals surface area (Å²) in [5.41, 5.74) is -0.618. The van der Waals surface area contributed by atoms with Crippen LogP contribution in [-0.4, -0.2) is 25.3 Å². The van der Waals surface area contributed by atoms with E-state index >= 15 is 0 Å². The Morgan fingerprint density at radius 2 is 1.62 bits per heavy atom. The second-order valence-corrected chi connectivity index (χ2v) is 9.51. The molecule has 2 saturated carbocycles.